The molecule has 0 saturated heterocycles. The molecule has 1 aromatic carbocycles. The zero-order valence-electron chi connectivity index (χ0n) is 18.4. The number of amides is 1. The Morgan fingerprint density at radius 1 is 1.31 bits per heavy atom. The maximum absolute atomic E-state index is 13.0. The van der Waals surface area contributed by atoms with E-state index in [0.717, 1.165) is 41.6 Å². The van der Waals surface area contributed by atoms with Crippen LogP contribution in [0.4, 0.5) is 0 Å². The standard InChI is InChI=1S/C23H26N4O4S/c1-14(2)31-17-9-8-15(10-18(17)30-3)11-25-26-20(28)12-27-13-24-22-21(23(27)29)16-6-4-5-7-19(16)32-22/h8-11,13-14H,4-7,12H2,1-3H3,(H,26,28). The second-order valence-electron chi connectivity index (χ2n) is 7.94. The Bertz CT molecular complexity index is 1230. The van der Waals surface area contributed by atoms with Gasteiger partial charge in [-0.3, -0.25) is 14.2 Å². The van der Waals surface area contributed by atoms with Gasteiger partial charge in [0.2, 0.25) is 0 Å². The van der Waals surface area contributed by atoms with Crippen LogP contribution < -0.4 is 20.5 Å². The number of methoxy groups -OCH3 is 1. The highest BCUT2D eigenvalue weighted by Crippen LogP contribution is 2.33. The number of carbonyl (C=O) groups is 1. The van der Waals surface area contributed by atoms with Gasteiger partial charge in [0.1, 0.15) is 11.4 Å². The first-order chi connectivity index (χ1) is 15.5. The molecule has 0 aliphatic heterocycles. The van der Waals surface area contributed by atoms with Gasteiger partial charge in [0.05, 0.1) is 31.1 Å². The molecule has 0 unspecified atom stereocenters. The molecule has 168 valence electrons. The summed E-state index contributed by atoms with van der Waals surface area (Å²) in [5, 5.41) is 4.67. The van der Waals surface area contributed by atoms with Crippen LogP contribution in [0.5, 0.6) is 11.5 Å². The molecule has 0 fully saturated rings. The van der Waals surface area contributed by atoms with E-state index >= 15 is 0 Å². The first-order valence-corrected chi connectivity index (χ1v) is 11.4. The molecule has 4 rings (SSSR count). The molecular formula is C23H26N4O4S. The summed E-state index contributed by atoms with van der Waals surface area (Å²) >= 11 is 1.59. The Morgan fingerprint density at radius 3 is 2.91 bits per heavy atom. The first-order valence-electron chi connectivity index (χ1n) is 10.6. The minimum Gasteiger partial charge on any atom is -0.493 e. The van der Waals surface area contributed by atoms with Crippen LogP contribution in [0.1, 0.15) is 42.7 Å². The van der Waals surface area contributed by atoms with E-state index < -0.39 is 5.91 Å². The van der Waals surface area contributed by atoms with Crippen molar-refractivity contribution >= 4 is 33.7 Å². The summed E-state index contributed by atoms with van der Waals surface area (Å²) in [5.41, 5.74) is 4.15. The maximum Gasteiger partial charge on any atom is 0.262 e. The summed E-state index contributed by atoms with van der Waals surface area (Å²) in [7, 11) is 1.57. The first kappa shape index (κ1) is 22.0. The van der Waals surface area contributed by atoms with Gasteiger partial charge >= 0.3 is 0 Å². The van der Waals surface area contributed by atoms with Gasteiger partial charge in [-0.1, -0.05) is 0 Å². The quantitative estimate of drug-likeness (QED) is 0.437. The van der Waals surface area contributed by atoms with Crippen molar-refractivity contribution in [1.82, 2.24) is 15.0 Å². The van der Waals surface area contributed by atoms with Crippen LogP contribution in [0.25, 0.3) is 10.2 Å². The van der Waals surface area contributed by atoms with Crippen molar-refractivity contribution in [3.63, 3.8) is 0 Å². The second kappa shape index (κ2) is 9.52. The number of hydrogen-bond donors (Lipinski definition) is 1. The smallest absolute Gasteiger partial charge is 0.262 e. The molecule has 3 aromatic rings. The predicted molar refractivity (Wildman–Crippen MR) is 125 cm³/mol. The molecule has 1 aliphatic rings. The summed E-state index contributed by atoms with van der Waals surface area (Å²) < 4.78 is 12.4. The largest absolute Gasteiger partial charge is 0.493 e. The number of ether oxygens (including phenoxy) is 2. The molecule has 2 heterocycles. The number of rotatable bonds is 7. The van der Waals surface area contributed by atoms with Crippen molar-refractivity contribution in [3.05, 3.63) is 50.9 Å². The average molecular weight is 455 g/mol. The molecule has 1 N–H and O–H groups in total. The third kappa shape index (κ3) is 4.67. The monoisotopic (exact) mass is 454 g/mol. The van der Waals surface area contributed by atoms with Crippen LogP contribution in [0.3, 0.4) is 0 Å². The van der Waals surface area contributed by atoms with Crippen molar-refractivity contribution in [2.45, 2.75) is 52.2 Å². The number of hydrazone groups is 1. The third-order valence-electron chi connectivity index (χ3n) is 5.21. The predicted octanol–water partition coefficient (Wildman–Crippen LogP) is 3.28. The number of hydrogen-bond acceptors (Lipinski definition) is 7. The van der Waals surface area contributed by atoms with Gasteiger partial charge in [0, 0.05) is 4.88 Å². The molecule has 1 aliphatic carbocycles. The van der Waals surface area contributed by atoms with E-state index in [9.17, 15) is 9.59 Å². The minimum absolute atomic E-state index is 0.0272. The fourth-order valence-electron chi connectivity index (χ4n) is 3.78. The van der Waals surface area contributed by atoms with Crippen LogP contribution >= 0.6 is 11.3 Å². The molecule has 1 amide bonds. The Labute approximate surface area is 189 Å². The van der Waals surface area contributed by atoms with Crippen molar-refractivity contribution in [2.75, 3.05) is 7.11 Å². The molecular weight excluding hydrogens is 428 g/mol. The number of aryl methyl sites for hydroxylation is 2. The maximum atomic E-state index is 13.0. The van der Waals surface area contributed by atoms with Gasteiger partial charge in [-0.2, -0.15) is 5.10 Å². The lowest BCUT2D eigenvalue weighted by molar-refractivity contribution is -0.121. The fourth-order valence-corrected chi connectivity index (χ4v) is 5.00. The van der Waals surface area contributed by atoms with Crippen LogP contribution in [-0.4, -0.2) is 34.9 Å². The normalized spacial score (nSPS) is 13.5. The Hall–Kier alpha value is -3.20. The van der Waals surface area contributed by atoms with Crippen LogP contribution in [0.15, 0.2) is 34.4 Å². The van der Waals surface area contributed by atoms with E-state index in [1.54, 1.807) is 30.6 Å². The van der Waals surface area contributed by atoms with Crippen molar-refractivity contribution in [3.8, 4) is 11.5 Å². The Kier molecular flexibility index (Phi) is 6.55. The SMILES string of the molecule is COc1cc(C=NNC(=O)Cn2cnc3sc4c(c3c2=O)CCCC4)ccc1OC(C)C. The number of thiophene rings is 1. The molecule has 0 spiro atoms. The van der Waals surface area contributed by atoms with Crippen LogP contribution in [0, 0.1) is 0 Å². The highest BCUT2D eigenvalue weighted by Gasteiger charge is 2.20. The van der Waals surface area contributed by atoms with E-state index in [1.807, 2.05) is 19.9 Å². The molecule has 0 bridgehead atoms. The molecule has 0 saturated carbocycles. The number of aromatic nitrogens is 2. The number of nitrogens with one attached hydrogen (secondary N) is 1. The molecule has 9 heteroatoms. The van der Waals surface area contributed by atoms with E-state index in [0.29, 0.717) is 16.9 Å². The summed E-state index contributed by atoms with van der Waals surface area (Å²) in [4.78, 5) is 31.7. The average Bonchev–Trinajstić information content (AvgIpc) is 3.15. The number of nitrogens with zero attached hydrogens (tertiary/aromatic N) is 3. The highest BCUT2D eigenvalue weighted by molar-refractivity contribution is 7.18. The van der Waals surface area contributed by atoms with E-state index in [-0.39, 0.29) is 18.2 Å². The van der Waals surface area contributed by atoms with Gasteiger partial charge in [0.25, 0.3) is 11.5 Å². The molecule has 8 nitrogen and oxygen atoms in total. The molecule has 2 aromatic heterocycles. The van der Waals surface area contributed by atoms with E-state index in [2.05, 4.69) is 15.5 Å². The zero-order valence-corrected chi connectivity index (χ0v) is 19.2. The summed E-state index contributed by atoms with van der Waals surface area (Å²) in [6.07, 6.45) is 7.11. The lowest BCUT2D eigenvalue weighted by Crippen LogP contribution is -2.30. The number of carbonyl (C=O) groups excluding carboxylic acids is 1. The number of benzene rings is 1. The lowest BCUT2D eigenvalue weighted by atomic mass is 9.97. The molecule has 32 heavy (non-hydrogen) atoms. The van der Waals surface area contributed by atoms with Gasteiger partial charge < -0.3 is 9.47 Å². The van der Waals surface area contributed by atoms with Crippen molar-refractivity contribution in [2.24, 2.45) is 5.10 Å². The summed E-state index contributed by atoms with van der Waals surface area (Å²) in [6.45, 7) is 3.74. The van der Waals surface area contributed by atoms with Crippen LogP contribution in [-0.2, 0) is 24.2 Å². The lowest BCUT2D eigenvalue weighted by Gasteiger charge is -2.13. The topological polar surface area (TPSA) is 94.8 Å². The van der Waals surface area contributed by atoms with Crippen molar-refractivity contribution < 1.29 is 14.3 Å². The van der Waals surface area contributed by atoms with Gasteiger partial charge in [-0.15, -0.1) is 11.3 Å². The highest BCUT2D eigenvalue weighted by atomic mass is 32.1. The van der Waals surface area contributed by atoms with E-state index in [4.69, 9.17) is 9.47 Å². The third-order valence-corrected chi connectivity index (χ3v) is 6.41. The Balaban J connectivity index is 1.44. The van der Waals surface area contributed by atoms with E-state index in [1.165, 1.54) is 22.0 Å². The second-order valence-corrected chi connectivity index (χ2v) is 9.02. The molecule has 0 atom stereocenters. The summed E-state index contributed by atoms with van der Waals surface area (Å²) in [5.74, 6) is 0.820. The fraction of sp³-hybridized carbons (Fsp3) is 0.391. The van der Waals surface area contributed by atoms with Crippen molar-refractivity contribution in [1.29, 1.82) is 0 Å². The van der Waals surface area contributed by atoms with Gasteiger partial charge in [-0.05, 0) is 68.9 Å². The van der Waals surface area contributed by atoms with Gasteiger partial charge in [-0.25, -0.2) is 10.4 Å². The number of fused-ring (bicyclic) bond motifs is 3. The summed E-state index contributed by atoms with van der Waals surface area (Å²) in [6, 6.07) is 5.39. The van der Waals surface area contributed by atoms with Gasteiger partial charge in [0.15, 0.2) is 11.5 Å². The zero-order chi connectivity index (χ0) is 22.7. The Morgan fingerprint density at radius 2 is 2.12 bits per heavy atom. The minimum atomic E-state index is -0.402. The molecule has 0 radical (unpaired) electrons. The van der Waals surface area contributed by atoms with Crippen LogP contribution in [0.2, 0.25) is 0 Å².